The van der Waals surface area contributed by atoms with Crippen molar-refractivity contribution in [3.63, 3.8) is 0 Å². The summed E-state index contributed by atoms with van der Waals surface area (Å²) in [6.45, 7) is 5.89. The lowest BCUT2D eigenvalue weighted by Gasteiger charge is -2.29. The molecule has 4 nitrogen and oxygen atoms in total. The Morgan fingerprint density at radius 2 is 2.35 bits per heavy atom. The van der Waals surface area contributed by atoms with Crippen LogP contribution in [0.5, 0.6) is 0 Å². The Labute approximate surface area is 104 Å². The molecule has 0 aromatic rings. The maximum absolute atomic E-state index is 11.6. The predicted octanol–water partition coefficient (Wildman–Crippen LogP) is 1.01. The highest BCUT2D eigenvalue weighted by atomic mass is 16.5. The molecule has 2 atom stereocenters. The smallest absolute Gasteiger partial charge is 0.248 e. The van der Waals surface area contributed by atoms with Crippen LogP contribution in [0.1, 0.15) is 32.6 Å². The number of carbonyl (C=O) groups excluding carboxylic acids is 1. The van der Waals surface area contributed by atoms with Crippen molar-refractivity contribution in [1.82, 2.24) is 10.2 Å². The number of hydrogen-bond donors (Lipinski definition) is 1. The van der Waals surface area contributed by atoms with Crippen LogP contribution in [0.2, 0.25) is 0 Å². The van der Waals surface area contributed by atoms with Gasteiger partial charge in [0, 0.05) is 19.1 Å². The molecule has 1 heterocycles. The first-order valence-electron chi connectivity index (χ1n) is 6.90. The highest BCUT2D eigenvalue weighted by molar-refractivity contribution is 5.77. The van der Waals surface area contributed by atoms with Crippen molar-refractivity contribution in [2.24, 2.45) is 5.92 Å². The van der Waals surface area contributed by atoms with Gasteiger partial charge in [-0.3, -0.25) is 4.79 Å². The number of nitrogens with zero attached hydrogens (tertiary/aromatic N) is 1. The minimum Gasteiger partial charge on any atom is -0.370 e. The molecule has 1 amide bonds. The molecule has 2 aliphatic rings. The van der Waals surface area contributed by atoms with Crippen LogP contribution in [0.3, 0.4) is 0 Å². The average molecular weight is 240 g/mol. The molecular formula is C13H24N2O2. The minimum absolute atomic E-state index is 0.161. The number of ether oxygens (including phenoxy) is 1. The van der Waals surface area contributed by atoms with Gasteiger partial charge in [-0.25, -0.2) is 0 Å². The molecule has 0 radical (unpaired) electrons. The second kappa shape index (κ2) is 6.36. The summed E-state index contributed by atoms with van der Waals surface area (Å²) in [6, 6.07) is 0.677. The summed E-state index contributed by atoms with van der Waals surface area (Å²) in [4.78, 5) is 13.6. The lowest BCUT2D eigenvalue weighted by atomic mass is 9.99. The molecule has 2 rings (SSSR count). The van der Waals surface area contributed by atoms with E-state index in [-0.39, 0.29) is 12.5 Å². The molecule has 2 unspecified atom stereocenters. The van der Waals surface area contributed by atoms with E-state index in [4.69, 9.17) is 4.74 Å². The van der Waals surface area contributed by atoms with Crippen molar-refractivity contribution < 1.29 is 9.53 Å². The normalized spacial score (nSPS) is 29.9. The van der Waals surface area contributed by atoms with Gasteiger partial charge >= 0.3 is 0 Å². The van der Waals surface area contributed by atoms with Crippen LogP contribution in [-0.2, 0) is 9.53 Å². The molecule has 2 fully saturated rings. The molecule has 1 N–H and O–H groups in total. The Morgan fingerprint density at radius 1 is 1.47 bits per heavy atom. The molecule has 0 aromatic heterocycles. The third-order valence-corrected chi connectivity index (χ3v) is 3.98. The summed E-state index contributed by atoms with van der Waals surface area (Å²) in [5.41, 5.74) is 0. The molecule has 0 bridgehead atoms. The quantitative estimate of drug-likeness (QED) is 0.780. The van der Waals surface area contributed by atoms with Gasteiger partial charge in [0.25, 0.3) is 0 Å². The Bertz CT molecular complexity index is 258. The van der Waals surface area contributed by atoms with Crippen LogP contribution in [0.4, 0.5) is 0 Å². The monoisotopic (exact) mass is 240 g/mol. The number of morpholine rings is 1. The molecule has 1 saturated heterocycles. The fourth-order valence-electron chi connectivity index (χ4n) is 3.02. The zero-order valence-electron chi connectivity index (χ0n) is 10.8. The minimum atomic E-state index is 0.161. The van der Waals surface area contributed by atoms with Gasteiger partial charge in [0.2, 0.25) is 5.91 Å². The molecule has 17 heavy (non-hydrogen) atoms. The van der Waals surface area contributed by atoms with Crippen molar-refractivity contribution in [2.75, 3.05) is 32.8 Å². The van der Waals surface area contributed by atoms with E-state index in [2.05, 4.69) is 12.2 Å². The molecular weight excluding hydrogens is 216 g/mol. The fraction of sp³-hybridized carbons (Fsp3) is 0.923. The van der Waals surface area contributed by atoms with E-state index in [0.717, 1.165) is 32.0 Å². The molecule has 4 heteroatoms. The molecule has 0 aromatic carbocycles. The zero-order valence-corrected chi connectivity index (χ0v) is 10.8. The van der Waals surface area contributed by atoms with E-state index in [9.17, 15) is 4.79 Å². The van der Waals surface area contributed by atoms with Crippen molar-refractivity contribution in [3.8, 4) is 0 Å². The molecule has 1 saturated carbocycles. The highest BCUT2D eigenvalue weighted by Crippen LogP contribution is 2.28. The largest absolute Gasteiger partial charge is 0.370 e. The Balaban J connectivity index is 1.74. The van der Waals surface area contributed by atoms with E-state index in [0.29, 0.717) is 12.6 Å². The van der Waals surface area contributed by atoms with Gasteiger partial charge in [0.1, 0.15) is 6.61 Å². The van der Waals surface area contributed by atoms with Crippen molar-refractivity contribution in [3.05, 3.63) is 0 Å². The number of nitrogens with one attached hydrogen (secondary N) is 1. The van der Waals surface area contributed by atoms with Crippen LogP contribution in [0.25, 0.3) is 0 Å². The molecule has 1 aliphatic carbocycles. The lowest BCUT2D eigenvalue weighted by molar-refractivity contribution is -0.142. The molecule has 98 valence electrons. The zero-order chi connectivity index (χ0) is 12.1. The third-order valence-electron chi connectivity index (χ3n) is 3.98. The highest BCUT2D eigenvalue weighted by Gasteiger charge is 2.27. The van der Waals surface area contributed by atoms with E-state index in [1.807, 2.05) is 4.90 Å². The first-order chi connectivity index (χ1) is 8.31. The van der Waals surface area contributed by atoms with E-state index in [1.165, 1.54) is 19.3 Å². The van der Waals surface area contributed by atoms with Crippen LogP contribution < -0.4 is 5.32 Å². The number of rotatable bonds is 5. The summed E-state index contributed by atoms with van der Waals surface area (Å²) in [7, 11) is 0. The summed E-state index contributed by atoms with van der Waals surface area (Å²) >= 11 is 0. The van der Waals surface area contributed by atoms with Crippen LogP contribution >= 0.6 is 0 Å². The van der Waals surface area contributed by atoms with Crippen molar-refractivity contribution in [1.29, 1.82) is 0 Å². The fourth-order valence-corrected chi connectivity index (χ4v) is 3.02. The second-order valence-corrected chi connectivity index (χ2v) is 5.08. The third kappa shape index (κ3) is 3.42. The Hall–Kier alpha value is -0.610. The van der Waals surface area contributed by atoms with Gasteiger partial charge in [-0.05, 0) is 31.7 Å². The van der Waals surface area contributed by atoms with Gasteiger partial charge in [-0.2, -0.15) is 0 Å². The van der Waals surface area contributed by atoms with Crippen molar-refractivity contribution >= 4 is 5.91 Å². The molecule has 0 spiro atoms. The van der Waals surface area contributed by atoms with Gasteiger partial charge in [-0.15, -0.1) is 0 Å². The van der Waals surface area contributed by atoms with Gasteiger partial charge < -0.3 is 15.0 Å². The first kappa shape index (κ1) is 12.8. The summed E-state index contributed by atoms with van der Waals surface area (Å²) in [5, 5.41) is 3.57. The number of hydrogen-bond acceptors (Lipinski definition) is 3. The summed E-state index contributed by atoms with van der Waals surface area (Å²) < 4.78 is 5.14. The van der Waals surface area contributed by atoms with Crippen LogP contribution in [0.15, 0.2) is 0 Å². The SMILES string of the molecule is CCNC1CCCC1CCN1CCOCC1=O. The number of amides is 1. The standard InChI is InChI=1S/C13H24N2O2/c1-2-14-12-5-3-4-11(12)6-7-15-8-9-17-10-13(15)16/h11-12,14H,2-10H2,1H3. The maximum atomic E-state index is 11.6. The van der Waals surface area contributed by atoms with Gasteiger partial charge in [0.05, 0.1) is 6.61 Å². The Morgan fingerprint density at radius 3 is 3.12 bits per heavy atom. The first-order valence-corrected chi connectivity index (χ1v) is 6.90. The molecule has 1 aliphatic heterocycles. The van der Waals surface area contributed by atoms with Gasteiger partial charge in [-0.1, -0.05) is 13.3 Å². The van der Waals surface area contributed by atoms with E-state index in [1.54, 1.807) is 0 Å². The van der Waals surface area contributed by atoms with Gasteiger partial charge in [0.15, 0.2) is 0 Å². The summed E-state index contributed by atoms with van der Waals surface area (Å²) in [5.74, 6) is 0.917. The Kier molecular flexibility index (Phi) is 4.80. The average Bonchev–Trinajstić information content (AvgIpc) is 2.76. The lowest BCUT2D eigenvalue weighted by Crippen LogP contribution is -2.43. The number of carbonyl (C=O) groups is 1. The van der Waals surface area contributed by atoms with E-state index >= 15 is 0 Å². The maximum Gasteiger partial charge on any atom is 0.248 e. The van der Waals surface area contributed by atoms with Crippen molar-refractivity contribution in [2.45, 2.75) is 38.6 Å². The van der Waals surface area contributed by atoms with Crippen LogP contribution in [-0.4, -0.2) is 49.7 Å². The van der Waals surface area contributed by atoms with Crippen LogP contribution in [0, 0.1) is 5.92 Å². The summed E-state index contributed by atoms with van der Waals surface area (Å²) in [6.07, 6.45) is 5.09. The van der Waals surface area contributed by atoms with E-state index < -0.39 is 0 Å². The second-order valence-electron chi connectivity index (χ2n) is 5.08. The topological polar surface area (TPSA) is 41.6 Å². The predicted molar refractivity (Wildman–Crippen MR) is 66.8 cm³/mol.